The van der Waals surface area contributed by atoms with Gasteiger partial charge in [-0.05, 0) is 18.1 Å². The van der Waals surface area contributed by atoms with E-state index >= 15 is 0 Å². The van der Waals surface area contributed by atoms with E-state index in [1.807, 2.05) is 52.0 Å². The number of carbonyl (C=O) groups excluding carboxylic acids is 2. The molecule has 0 radical (unpaired) electrons. The van der Waals surface area contributed by atoms with Crippen LogP contribution in [-0.4, -0.2) is 57.7 Å². The summed E-state index contributed by atoms with van der Waals surface area (Å²) in [4.78, 5) is 32.1. The number of aliphatic hydroxyl groups excluding tert-OH is 1. The van der Waals surface area contributed by atoms with Gasteiger partial charge in [0.1, 0.15) is 12.1 Å². The van der Waals surface area contributed by atoms with Crippen LogP contribution in [0.2, 0.25) is 0 Å². The van der Waals surface area contributed by atoms with Crippen molar-refractivity contribution >= 4 is 23.2 Å². The summed E-state index contributed by atoms with van der Waals surface area (Å²) in [6.45, 7) is 7.49. The number of alkyl halides is 1. The van der Waals surface area contributed by atoms with Gasteiger partial charge in [0.15, 0.2) is 12.2 Å². The lowest BCUT2D eigenvalue weighted by molar-refractivity contribution is -0.428. The minimum atomic E-state index is -1.84. The molecular formula is C22H30FN4O3S+. The highest BCUT2D eigenvalue weighted by Crippen LogP contribution is 2.28. The minimum Gasteiger partial charge on any atom is -0.388 e. The zero-order valence-electron chi connectivity index (χ0n) is 18.3. The van der Waals surface area contributed by atoms with Gasteiger partial charge in [0.2, 0.25) is 5.91 Å². The number of amides is 2. The number of nitrogens with zero attached hydrogens (tertiary/aromatic N) is 2. The van der Waals surface area contributed by atoms with Crippen LogP contribution in [0.5, 0.6) is 0 Å². The highest BCUT2D eigenvalue weighted by atomic mass is 32.1. The van der Waals surface area contributed by atoms with Crippen LogP contribution in [0.4, 0.5) is 4.39 Å². The third kappa shape index (κ3) is 4.94. The molecule has 1 aliphatic rings. The fourth-order valence-electron chi connectivity index (χ4n) is 3.53. The molecule has 0 spiro atoms. The molecule has 0 bridgehead atoms. The van der Waals surface area contributed by atoms with Crippen LogP contribution in [0.15, 0.2) is 29.8 Å². The maximum absolute atomic E-state index is 14.6. The molecule has 0 unspecified atom stereocenters. The number of carbonyl (C=O) groups is 2. The molecule has 1 aliphatic heterocycles. The standard InChI is InChI=1S/C22H29FN4O3S/c1-12-18(31-11-26-12)14-7-5-13(6-8-14)9-25-20(29)17-16(23)15(28)10-27(17)21(30)19(24)22(2,3)4/h5-8,11,15-17,19,28H,9-10,24H2,1-4H3,(H,25,29)/p+1/t15-,16-,17-,19+/m0/s1. The van der Waals surface area contributed by atoms with Crippen molar-refractivity contribution in [2.75, 3.05) is 6.54 Å². The lowest BCUT2D eigenvalue weighted by Crippen LogP contribution is -2.73. The smallest absolute Gasteiger partial charge is 0.282 e. The molecule has 9 heteroatoms. The Morgan fingerprint density at radius 1 is 1.35 bits per heavy atom. The van der Waals surface area contributed by atoms with E-state index < -0.39 is 41.6 Å². The third-order valence-corrected chi connectivity index (χ3v) is 6.69. The van der Waals surface area contributed by atoms with E-state index in [2.05, 4.69) is 16.0 Å². The second-order valence-corrected chi connectivity index (χ2v) is 9.90. The van der Waals surface area contributed by atoms with E-state index in [4.69, 9.17) is 0 Å². The zero-order valence-corrected chi connectivity index (χ0v) is 19.1. The number of benzene rings is 1. The Labute approximate surface area is 185 Å². The Bertz CT molecular complexity index is 941. The maximum atomic E-state index is 14.6. The highest BCUT2D eigenvalue weighted by Gasteiger charge is 2.50. The van der Waals surface area contributed by atoms with Crippen molar-refractivity contribution in [2.45, 2.75) is 58.6 Å². The number of rotatable bonds is 5. The third-order valence-electron chi connectivity index (χ3n) is 5.71. The predicted molar refractivity (Wildman–Crippen MR) is 117 cm³/mol. The number of aliphatic hydroxyl groups is 1. The molecule has 1 saturated heterocycles. The Morgan fingerprint density at radius 3 is 2.55 bits per heavy atom. The van der Waals surface area contributed by atoms with Gasteiger partial charge in [0.25, 0.3) is 5.91 Å². The summed E-state index contributed by atoms with van der Waals surface area (Å²) in [5, 5.41) is 12.7. The lowest BCUT2D eigenvalue weighted by atomic mass is 9.86. The molecule has 5 N–H and O–H groups in total. The second kappa shape index (κ2) is 9.02. The van der Waals surface area contributed by atoms with E-state index in [0.717, 1.165) is 26.6 Å². The number of aromatic nitrogens is 1. The number of nitrogens with one attached hydrogen (secondary N) is 1. The molecule has 0 saturated carbocycles. The van der Waals surface area contributed by atoms with Crippen LogP contribution in [0, 0.1) is 12.3 Å². The zero-order chi connectivity index (χ0) is 22.9. The van der Waals surface area contributed by atoms with E-state index in [9.17, 15) is 19.1 Å². The van der Waals surface area contributed by atoms with Crippen LogP contribution in [0.1, 0.15) is 32.0 Å². The molecule has 2 heterocycles. The fraction of sp³-hybridized carbons (Fsp3) is 0.500. The van der Waals surface area contributed by atoms with Crippen molar-refractivity contribution in [1.82, 2.24) is 15.2 Å². The molecule has 2 aromatic rings. The van der Waals surface area contributed by atoms with Gasteiger partial charge in [-0.2, -0.15) is 0 Å². The first-order valence-corrected chi connectivity index (χ1v) is 11.1. The molecule has 7 nitrogen and oxygen atoms in total. The van der Waals surface area contributed by atoms with Crippen molar-refractivity contribution in [2.24, 2.45) is 5.41 Å². The van der Waals surface area contributed by atoms with E-state index in [1.165, 1.54) is 0 Å². The van der Waals surface area contributed by atoms with E-state index in [1.54, 1.807) is 16.8 Å². The molecule has 168 valence electrons. The number of likely N-dealkylation sites (tertiary alicyclic amines) is 1. The summed E-state index contributed by atoms with van der Waals surface area (Å²) in [5.74, 6) is -1.06. The van der Waals surface area contributed by atoms with Gasteiger partial charge in [0.05, 0.1) is 22.6 Å². The van der Waals surface area contributed by atoms with Crippen LogP contribution in [-0.2, 0) is 16.1 Å². The van der Waals surface area contributed by atoms with Gasteiger partial charge in [-0.25, -0.2) is 9.37 Å². The molecule has 31 heavy (non-hydrogen) atoms. The molecular weight excluding hydrogens is 419 g/mol. The summed E-state index contributed by atoms with van der Waals surface area (Å²) in [7, 11) is 0. The number of aryl methyl sites for hydroxylation is 1. The number of hydrogen-bond acceptors (Lipinski definition) is 5. The van der Waals surface area contributed by atoms with Gasteiger partial charge in [-0.1, -0.05) is 45.0 Å². The summed E-state index contributed by atoms with van der Waals surface area (Å²) < 4.78 is 14.6. The van der Waals surface area contributed by atoms with Gasteiger partial charge in [-0.3, -0.25) is 9.59 Å². The number of halogens is 1. The molecule has 1 aromatic carbocycles. The summed E-state index contributed by atoms with van der Waals surface area (Å²) in [5.41, 5.74) is 8.09. The van der Waals surface area contributed by atoms with Gasteiger partial charge >= 0.3 is 0 Å². The number of thiazole rings is 1. The predicted octanol–water partition coefficient (Wildman–Crippen LogP) is 1.30. The Morgan fingerprint density at radius 2 is 2.00 bits per heavy atom. The highest BCUT2D eigenvalue weighted by molar-refractivity contribution is 7.13. The van der Waals surface area contributed by atoms with Gasteiger partial charge < -0.3 is 21.1 Å². The van der Waals surface area contributed by atoms with Crippen molar-refractivity contribution in [1.29, 1.82) is 0 Å². The maximum Gasteiger partial charge on any atom is 0.282 e. The topological polar surface area (TPSA) is 110 Å². The summed E-state index contributed by atoms with van der Waals surface area (Å²) in [6, 6.07) is 5.65. The Kier molecular flexibility index (Phi) is 6.78. The normalized spacial score (nSPS) is 22.4. The second-order valence-electron chi connectivity index (χ2n) is 9.05. The monoisotopic (exact) mass is 449 g/mol. The van der Waals surface area contributed by atoms with Crippen molar-refractivity contribution < 1.29 is 24.8 Å². The van der Waals surface area contributed by atoms with Crippen LogP contribution < -0.4 is 11.1 Å². The van der Waals surface area contributed by atoms with Crippen molar-refractivity contribution in [3.05, 3.63) is 41.0 Å². The van der Waals surface area contributed by atoms with Crippen LogP contribution >= 0.6 is 11.3 Å². The molecule has 2 amide bonds. The van der Waals surface area contributed by atoms with Crippen molar-refractivity contribution in [3.8, 4) is 10.4 Å². The molecule has 3 rings (SSSR count). The minimum absolute atomic E-state index is 0.190. The average Bonchev–Trinajstić information content (AvgIpc) is 3.28. The first kappa shape index (κ1) is 23.3. The van der Waals surface area contributed by atoms with Gasteiger partial charge in [-0.15, -0.1) is 11.3 Å². The molecule has 1 aromatic heterocycles. The van der Waals surface area contributed by atoms with E-state index in [-0.39, 0.29) is 13.1 Å². The SMILES string of the molecule is Cc1ncsc1-c1ccc(CNC(=O)[C@@H]2[C@@H](F)[C@@H](O)CN2C(=O)[C@@H]([NH3+])C(C)(C)C)cc1. The van der Waals surface area contributed by atoms with Gasteiger partial charge in [0, 0.05) is 12.0 Å². The quantitative estimate of drug-likeness (QED) is 0.639. The summed E-state index contributed by atoms with van der Waals surface area (Å²) in [6.07, 6.45) is -3.23. The molecule has 1 fully saturated rings. The number of β-amino-alcohol motifs (C(OH)–C–C–N with tert-alkyl or cyclic N) is 1. The number of quaternary nitrogens is 1. The largest absolute Gasteiger partial charge is 0.388 e. The first-order chi connectivity index (χ1) is 14.5. The van der Waals surface area contributed by atoms with E-state index in [0.29, 0.717) is 0 Å². The Balaban J connectivity index is 1.68. The average molecular weight is 450 g/mol. The van der Waals surface area contributed by atoms with Crippen LogP contribution in [0.25, 0.3) is 10.4 Å². The Hall–Kier alpha value is -2.36. The lowest BCUT2D eigenvalue weighted by Gasteiger charge is -2.30. The molecule has 4 atom stereocenters. The summed E-state index contributed by atoms with van der Waals surface area (Å²) >= 11 is 1.56. The van der Waals surface area contributed by atoms with Crippen molar-refractivity contribution in [3.63, 3.8) is 0 Å². The molecule has 0 aliphatic carbocycles. The first-order valence-electron chi connectivity index (χ1n) is 10.2. The number of hydrogen-bond donors (Lipinski definition) is 3. The fourth-order valence-corrected chi connectivity index (χ4v) is 4.34. The van der Waals surface area contributed by atoms with Crippen LogP contribution in [0.3, 0.4) is 0 Å².